The standard InChI is InChI=1S/C47H98N3O6P/c1-7-10-12-14-16-18-20-22-24-25-26-27-29-31-33-35-37-39-42-54-45-46(56-57(52,53)55-43-41-50(4,5)6)44-49(47(51)48-9-3)40-38-36-34-32-30-28-23-21-19-17-15-13-11-8-2/h46H,7-45H2,1-6H3,(H-,48,51,52,53)/p+1. The van der Waals surface area contributed by atoms with E-state index in [9.17, 15) is 14.3 Å². The quantitative estimate of drug-likeness (QED) is 0.0360. The molecule has 0 rings (SSSR count). The average Bonchev–Trinajstić information content (AvgIpc) is 3.16. The number of nitrogens with one attached hydrogen (secondary N) is 1. The number of quaternary nitrogens is 1. The Bertz CT molecular complexity index is 905. The molecular formula is C47H99N3O6P+. The maximum absolute atomic E-state index is 13.1. The fourth-order valence-corrected chi connectivity index (χ4v) is 8.25. The van der Waals surface area contributed by atoms with Crippen LogP contribution in [0.4, 0.5) is 4.79 Å². The summed E-state index contributed by atoms with van der Waals surface area (Å²) in [4.78, 5) is 25.5. The number of carbonyl (C=O) groups is 1. The number of amides is 2. The van der Waals surface area contributed by atoms with Crippen molar-refractivity contribution in [2.75, 3.05) is 67.1 Å². The Hall–Kier alpha value is -0.700. The molecule has 2 unspecified atom stereocenters. The molecule has 0 spiro atoms. The summed E-state index contributed by atoms with van der Waals surface area (Å²) in [6, 6.07) is -0.178. The molecule has 9 nitrogen and oxygen atoms in total. The van der Waals surface area contributed by atoms with Crippen LogP contribution >= 0.6 is 7.82 Å². The Kier molecular flexibility index (Phi) is 40.2. The molecule has 2 N–H and O–H groups in total. The zero-order valence-electron chi connectivity index (χ0n) is 39.0. The monoisotopic (exact) mass is 833 g/mol. The van der Waals surface area contributed by atoms with Gasteiger partial charge in [-0.1, -0.05) is 206 Å². The molecule has 0 aliphatic rings. The molecule has 0 aromatic rings. The summed E-state index contributed by atoms with van der Waals surface area (Å²) < 4.78 is 30.7. The van der Waals surface area contributed by atoms with E-state index in [2.05, 4.69) is 19.2 Å². The van der Waals surface area contributed by atoms with E-state index in [4.69, 9.17) is 13.8 Å². The van der Waals surface area contributed by atoms with Gasteiger partial charge in [-0.25, -0.2) is 9.36 Å². The summed E-state index contributed by atoms with van der Waals surface area (Å²) >= 11 is 0. The minimum atomic E-state index is -4.34. The Morgan fingerprint density at radius 2 is 0.947 bits per heavy atom. The van der Waals surface area contributed by atoms with Crippen LogP contribution in [0.2, 0.25) is 0 Å². The molecule has 0 aliphatic heterocycles. The second kappa shape index (κ2) is 40.7. The number of carbonyl (C=O) groups excluding carboxylic acids is 1. The van der Waals surface area contributed by atoms with E-state index in [1.165, 1.54) is 173 Å². The summed E-state index contributed by atoms with van der Waals surface area (Å²) in [5.41, 5.74) is 0. The molecule has 342 valence electrons. The number of urea groups is 1. The number of ether oxygens (including phenoxy) is 1. The van der Waals surface area contributed by atoms with Gasteiger partial charge in [-0.15, -0.1) is 0 Å². The highest BCUT2D eigenvalue weighted by Gasteiger charge is 2.30. The molecule has 0 heterocycles. The highest BCUT2D eigenvalue weighted by atomic mass is 31.2. The third kappa shape index (κ3) is 41.8. The second-order valence-corrected chi connectivity index (χ2v) is 19.4. The molecule has 2 amide bonds. The molecule has 2 atom stereocenters. The van der Waals surface area contributed by atoms with E-state index in [1.54, 1.807) is 4.90 Å². The number of unbranched alkanes of at least 4 members (excludes halogenated alkanes) is 30. The number of likely N-dealkylation sites (N-methyl/N-ethyl adjacent to an activating group) is 1. The normalized spacial score (nSPS) is 13.5. The van der Waals surface area contributed by atoms with E-state index in [1.807, 2.05) is 28.1 Å². The molecule has 10 heteroatoms. The number of rotatable bonds is 45. The summed E-state index contributed by atoms with van der Waals surface area (Å²) in [7, 11) is 1.67. The molecule has 0 aliphatic carbocycles. The Morgan fingerprint density at radius 1 is 0.579 bits per heavy atom. The smallest absolute Gasteiger partial charge is 0.379 e. The highest BCUT2D eigenvalue weighted by Crippen LogP contribution is 2.44. The molecular weight excluding hydrogens is 734 g/mol. The van der Waals surface area contributed by atoms with Crippen molar-refractivity contribution >= 4 is 13.9 Å². The number of nitrogens with zero attached hydrogens (tertiary/aromatic N) is 2. The molecule has 57 heavy (non-hydrogen) atoms. The molecule has 0 aromatic heterocycles. The maximum atomic E-state index is 13.1. The maximum Gasteiger partial charge on any atom is 0.472 e. The average molecular weight is 833 g/mol. The van der Waals surface area contributed by atoms with Gasteiger partial charge >= 0.3 is 13.9 Å². The summed E-state index contributed by atoms with van der Waals surface area (Å²) in [6.07, 6.45) is 41.1. The molecule has 0 aromatic carbocycles. The van der Waals surface area contributed by atoms with Crippen LogP contribution in [0.3, 0.4) is 0 Å². The number of phosphoric ester groups is 1. The van der Waals surface area contributed by atoms with E-state index in [0.29, 0.717) is 30.7 Å². The Balaban J connectivity index is 4.53. The van der Waals surface area contributed by atoms with Crippen molar-refractivity contribution in [3.8, 4) is 0 Å². The van der Waals surface area contributed by atoms with E-state index >= 15 is 0 Å². The zero-order chi connectivity index (χ0) is 42.1. The van der Waals surface area contributed by atoms with Crippen LogP contribution in [-0.2, 0) is 18.3 Å². The third-order valence-electron chi connectivity index (χ3n) is 11.1. The zero-order valence-corrected chi connectivity index (χ0v) is 39.9. The molecule has 0 saturated carbocycles. The molecule has 0 fully saturated rings. The van der Waals surface area contributed by atoms with Crippen LogP contribution in [0.5, 0.6) is 0 Å². The predicted molar refractivity (Wildman–Crippen MR) is 244 cm³/mol. The lowest BCUT2D eigenvalue weighted by molar-refractivity contribution is -0.870. The third-order valence-corrected chi connectivity index (χ3v) is 12.1. The molecule has 0 bridgehead atoms. The largest absolute Gasteiger partial charge is 0.472 e. The summed E-state index contributed by atoms with van der Waals surface area (Å²) in [5.74, 6) is 0. The van der Waals surface area contributed by atoms with Crippen molar-refractivity contribution in [1.82, 2.24) is 10.2 Å². The topological polar surface area (TPSA) is 97.3 Å². The minimum absolute atomic E-state index is 0.100. The van der Waals surface area contributed by atoms with Gasteiger partial charge in [0.2, 0.25) is 0 Å². The highest BCUT2D eigenvalue weighted by molar-refractivity contribution is 7.47. The first-order chi connectivity index (χ1) is 27.5. The molecule has 0 saturated heterocycles. The van der Waals surface area contributed by atoms with Gasteiger partial charge in [-0.3, -0.25) is 9.05 Å². The lowest BCUT2D eigenvalue weighted by Gasteiger charge is -2.29. The van der Waals surface area contributed by atoms with E-state index in [0.717, 1.165) is 32.1 Å². The lowest BCUT2D eigenvalue weighted by Crippen LogP contribution is -2.45. The number of hydrogen-bond donors (Lipinski definition) is 2. The van der Waals surface area contributed by atoms with Gasteiger partial charge in [-0.05, 0) is 19.8 Å². The van der Waals surface area contributed by atoms with Gasteiger partial charge in [0.05, 0.1) is 34.3 Å². The van der Waals surface area contributed by atoms with Crippen LogP contribution in [0.1, 0.15) is 226 Å². The van der Waals surface area contributed by atoms with E-state index < -0.39 is 13.9 Å². The van der Waals surface area contributed by atoms with Gasteiger partial charge in [0.25, 0.3) is 0 Å². The first kappa shape index (κ1) is 56.3. The Labute approximate surface area is 355 Å². The first-order valence-corrected chi connectivity index (χ1v) is 26.1. The van der Waals surface area contributed by atoms with Crippen molar-refractivity contribution in [1.29, 1.82) is 0 Å². The first-order valence-electron chi connectivity index (χ1n) is 24.6. The molecule has 0 radical (unpaired) electrons. The van der Waals surface area contributed by atoms with Gasteiger partial charge in [0.1, 0.15) is 19.3 Å². The van der Waals surface area contributed by atoms with Gasteiger partial charge in [-0.2, -0.15) is 0 Å². The SMILES string of the molecule is CCCCCCCCCCCCCCCCCCCCOCC(CN(CCCCCCCCCCCCCCCC)C(=O)NCC)OP(=O)(O)OCC[N+](C)(C)C. The van der Waals surface area contributed by atoms with Gasteiger partial charge in [0.15, 0.2) is 0 Å². The van der Waals surface area contributed by atoms with Crippen LogP contribution in [-0.4, -0.2) is 93.6 Å². The van der Waals surface area contributed by atoms with Crippen molar-refractivity contribution in [2.24, 2.45) is 0 Å². The van der Waals surface area contributed by atoms with Gasteiger partial charge < -0.3 is 24.3 Å². The van der Waals surface area contributed by atoms with Crippen LogP contribution < -0.4 is 5.32 Å². The van der Waals surface area contributed by atoms with Crippen LogP contribution in [0.15, 0.2) is 0 Å². The summed E-state index contributed by atoms with van der Waals surface area (Å²) in [6.45, 7) is 9.09. The lowest BCUT2D eigenvalue weighted by atomic mass is 10.0. The summed E-state index contributed by atoms with van der Waals surface area (Å²) in [5, 5.41) is 2.92. The predicted octanol–water partition coefficient (Wildman–Crippen LogP) is 13.8. The van der Waals surface area contributed by atoms with Crippen molar-refractivity contribution in [3.05, 3.63) is 0 Å². The second-order valence-electron chi connectivity index (χ2n) is 18.0. The van der Waals surface area contributed by atoms with Gasteiger partial charge in [0, 0.05) is 19.7 Å². The van der Waals surface area contributed by atoms with Crippen LogP contribution in [0.25, 0.3) is 0 Å². The van der Waals surface area contributed by atoms with Crippen molar-refractivity contribution < 1.29 is 32.5 Å². The number of phosphoric acid groups is 1. The van der Waals surface area contributed by atoms with Crippen LogP contribution in [0, 0.1) is 0 Å². The van der Waals surface area contributed by atoms with E-state index in [-0.39, 0.29) is 25.8 Å². The van der Waals surface area contributed by atoms with Crippen molar-refractivity contribution in [2.45, 2.75) is 232 Å². The number of hydrogen-bond acceptors (Lipinski definition) is 5. The van der Waals surface area contributed by atoms with Crippen molar-refractivity contribution in [3.63, 3.8) is 0 Å². The Morgan fingerprint density at radius 3 is 1.32 bits per heavy atom. The fraction of sp³-hybridized carbons (Fsp3) is 0.979. The minimum Gasteiger partial charge on any atom is -0.379 e. The fourth-order valence-electron chi connectivity index (χ4n) is 7.37.